The van der Waals surface area contributed by atoms with E-state index in [9.17, 15) is 44.1 Å². The average molecular weight is 895 g/mol. The van der Waals surface area contributed by atoms with Gasteiger partial charge in [0.25, 0.3) is 0 Å². The number of aromatic hydroxyl groups is 1. The van der Waals surface area contributed by atoms with Crippen molar-refractivity contribution in [1.29, 1.82) is 0 Å². The van der Waals surface area contributed by atoms with Crippen LogP contribution < -0.4 is 21.3 Å². The molecule has 5 aromatic rings. The number of esters is 1. The van der Waals surface area contributed by atoms with Gasteiger partial charge in [-0.15, -0.1) is 5.06 Å². The molecule has 2 heterocycles. The highest BCUT2D eigenvalue weighted by atomic mass is 16.7. The number of unbranched alkanes of at least 4 members (excludes halogenated alkanes) is 1. The molecule has 0 unspecified atom stereocenters. The summed E-state index contributed by atoms with van der Waals surface area (Å²) >= 11 is 0. The van der Waals surface area contributed by atoms with Crippen molar-refractivity contribution in [3.63, 3.8) is 0 Å². The van der Waals surface area contributed by atoms with Gasteiger partial charge in [-0.2, -0.15) is 0 Å². The van der Waals surface area contributed by atoms with Gasteiger partial charge in [-0.25, -0.2) is 14.4 Å². The van der Waals surface area contributed by atoms with E-state index in [-0.39, 0.29) is 52.8 Å². The van der Waals surface area contributed by atoms with E-state index in [1.54, 1.807) is 78.7 Å². The first-order chi connectivity index (χ1) is 30.9. The Hall–Kier alpha value is -7.12. The minimum atomic E-state index is -1.59. The number of phenols is 1. The third kappa shape index (κ3) is 13.7. The number of anilines is 2. The molecule has 6 rings (SSSR count). The van der Waals surface area contributed by atoms with Crippen LogP contribution in [0.25, 0.3) is 22.0 Å². The average Bonchev–Trinajstić information content (AvgIpc) is 3.30. The number of piperidine rings is 1. The SMILES string of the molecule is CN(CCCCC(=O)Nc1ccc(CNC[C@@H](O)c2ccc(O)c3[nH]c(=O)ccc23)cc1)C(=O)CCN1CCC(OC(=O)C(=O)ON(C(=O)O)c2ccccc2-c2ccccc2)CC1.O. The lowest BCUT2D eigenvalue weighted by Crippen LogP contribution is -2.42. The second-order valence-electron chi connectivity index (χ2n) is 15.5. The summed E-state index contributed by atoms with van der Waals surface area (Å²) in [7, 11) is 1.73. The van der Waals surface area contributed by atoms with Crippen molar-refractivity contribution in [1.82, 2.24) is 20.1 Å². The lowest BCUT2D eigenvalue weighted by atomic mass is 10.0. The normalized spacial score (nSPS) is 13.3. The number of likely N-dealkylation sites (tertiary alicyclic amines) is 1. The molecule has 65 heavy (non-hydrogen) atoms. The van der Waals surface area contributed by atoms with Crippen molar-refractivity contribution in [2.24, 2.45) is 0 Å². The number of pyridine rings is 1. The van der Waals surface area contributed by atoms with E-state index in [1.165, 1.54) is 18.2 Å². The minimum Gasteiger partial charge on any atom is -0.506 e. The number of fused-ring (bicyclic) bond motifs is 1. The first kappa shape index (κ1) is 48.9. The molecule has 18 nitrogen and oxygen atoms in total. The number of carbonyl (C=O) groups excluding carboxylic acids is 4. The van der Waals surface area contributed by atoms with Gasteiger partial charge in [-0.3, -0.25) is 14.4 Å². The molecule has 1 aliphatic rings. The second-order valence-corrected chi connectivity index (χ2v) is 15.5. The number of aromatic nitrogens is 1. The number of carbonyl (C=O) groups is 5. The number of aromatic amines is 1. The fraction of sp³-hybridized carbons (Fsp3) is 0.319. The van der Waals surface area contributed by atoms with Crippen molar-refractivity contribution in [2.45, 2.75) is 57.3 Å². The number of rotatable bonds is 17. The highest BCUT2D eigenvalue weighted by molar-refractivity contribution is 6.30. The van der Waals surface area contributed by atoms with Gasteiger partial charge in [-0.05, 0) is 72.7 Å². The first-order valence-corrected chi connectivity index (χ1v) is 21.1. The number of para-hydroxylation sites is 1. The Balaban J connectivity index is 0.00000793. The Bertz CT molecular complexity index is 2470. The lowest BCUT2D eigenvalue weighted by molar-refractivity contribution is -0.172. The van der Waals surface area contributed by atoms with E-state index >= 15 is 0 Å². The molecule has 0 saturated carbocycles. The standard InChI is InChI=1S/C47H52N6O11.H2O/c1-51(25-8-7-13-41(56)49-33-16-14-31(15-17-33)29-48-30-40(55)36-18-20-39(54)44-37(36)19-21-42(57)50-44)43(58)24-28-52-26-22-34(23-27-52)63-45(59)46(60)64-53(47(61)62)38-12-6-5-11-35(38)32-9-3-2-4-10-32;/h2-6,9-12,14-21,34,40,48,54-55H,7-8,13,22-30H2,1H3,(H,49,56)(H,50,57)(H,61,62);1H2/t40-;/m1./s1. The first-order valence-electron chi connectivity index (χ1n) is 21.1. The smallest absolute Gasteiger partial charge is 0.445 e. The molecule has 1 aliphatic heterocycles. The van der Waals surface area contributed by atoms with Gasteiger partial charge in [-0.1, -0.05) is 66.7 Å². The summed E-state index contributed by atoms with van der Waals surface area (Å²) in [5, 5.41) is 37.7. The molecule has 8 N–H and O–H groups in total. The van der Waals surface area contributed by atoms with Crippen molar-refractivity contribution < 1.29 is 54.3 Å². The van der Waals surface area contributed by atoms with Crippen LogP contribution in [0.5, 0.6) is 5.75 Å². The lowest BCUT2D eigenvalue weighted by Gasteiger charge is -2.31. The van der Waals surface area contributed by atoms with Crippen LogP contribution in [0.3, 0.4) is 0 Å². The highest BCUT2D eigenvalue weighted by Gasteiger charge is 2.31. The Kier molecular flexibility index (Phi) is 17.7. The zero-order chi connectivity index (χ0) is 45.6. The van der Waals surface area contributed by atoms with E-state index in [2.05, 4.69) is 20.5 Å². The van der Waals surface area contributed by atoms with Crippen molar-refractivity contribution >= 4 is 52.1 Å². The summed E-state index contributed by atoms with van der Waals surface area (Å²) in [5.74, 6) is -3.00. The number of nitrogens with zero attached hydrogens (tertiary/aromatic N) is 3. The molecule has 0 bridgehead atoms. The van der Waals surface area contributed by atoms with Gasteiger partial charge in [0.2, 0.25) is 17.4 Å². The Labute approximate surface area is 374 Å². The maximum Gasteiger partial charge on any atom is 0.445 e. The van der Waals surface area contributed by atoms with Crippen LogP contribution in [0.2, 0.25) is 0 Å². The number of aliphatic hydroxyl groups is 1. The number of amides is 3. The number of hydrogen-bond acceptors (Lipinski definition) is 12. The van der Waals surface area contributed by atoms with Crippen LogP contribution >= 0.6 is 0 Å². The molecule has 1 saturated heterocycles. The van der Waals surface area contributed by atoms with Crippen molar-refractivity contribution in [2.75, 3.05) is 50.2 Å². The quantitative estimate of drug-likeness (QED) is 0.0325. The highest BCUT2D eigenvalue weighted by Crippen LogP contribution is 2.32. The predicted molar refractivity (Wildman–Crippen MR) is 242 cm³/mol. The molecule has 344 valence electrons. The van der Waals surface area contributed by atoms with Crippen LogP contribution in [0.4, 0.5) is 16.2 Å². The van der Waals surface area contributed by atoms with Crippen LogP contribution in [0, 0.1) is 0 Å². The predicted octanol–water partition coefficient (Wildman–Crippen LogP) is 4.51. The number of hydroxylamine groups is 1. The summed E-state index contributed by atoms with van der Waals surface area (Å²) in [4.78, 5) is 85.9. The Morgan fingerprint density at radius 3 is 2.29 bits per heavy atom. The maximum absolute atomic E-state index is 12.9. The third-order valence-electron chi connectivity index (χ3n) is 10.9. The number of H-pyrrole nitrogens is 1. The van der Waals surface area contributed by atoms with Crippen LogP contribution in [-0.4, -0.2) is 111 Å². The molecule has 1 fully saturated rings. The Morgan fingerprint density at radius 2 is 1.57 bits per heavy atom. The molecule has 0 aliphatic carbocycles. The van der Waals surface area contributed by atoms with Gasteiger partial charge in [0.15, 0.2) is 0 Å². The number of ether oxygens (including phenoxy) is 1. The van der Waals surface area contributed by atoms with E-state index in [0.29, 0.717) is 97.7 Å². The van der Waals surface area contributed by atoms with Gasteiger partial charge in [0.1, 0.15) is 11.9 Å². The summed E-state index contributed by atoms with van der Waals surface area (Å²) in [6, 6.07) is 28.7. The summed E-state index contributed by atoms with van der Waals surface area (Å²) in [6.07, 6.45) is -0.394. The van der Waals surface area contributed by atoms with Crippen molar-refractivity contribution in [3.8, 4) is 16.9 Å². The molecule has 0 radical (unpaired) electrons. The van der Waals surface area contributed by atoms with E-state index < -0.39 is 30.2 Å². The summed E-state index contributed by atoms with van der Waals surface area (Å²) in [5.41, 5.74) is 3.32. The zero-order valence-corrected chi connectivity index (χ0v) is 35.9. The summed E-state index contributed by atoms with van der Waals surface area (Å²) < 4.78 is 5.37. The molecule has 1 atom stereocenters. The number of aliphatic hydroxyl groups excluding tert-OH is 1. The van der Waals surface area contributed by atoms with Crippen LogP contribution in [0.1, 0.15) is 55.8 Å². The van der Waals surface area contributed by atoms with E-state index in [0.717, 1.165) is 5.56 Å². The summed E-state index contributed by atoms with van der Waals surface area (Å²) in [6.45, 7) is 2.74. The van der Waals surface area contributed by atoms with Gasteiger partial charge < -0.3 is 55.8 Å². The number of benzene rings is 4. The van der Waals surface area contributed by atoms with Gasteiger partial charge >= 0.3 is 18.0 Å². The third-order valence-corrected chi connectivity index (χ3v) is 10.9. The van der Waals surface area contributed by atoms with Gasteiger partial charge in [0.05, 0.1) is 17.3 Å². The fourth-order valence-corrected chi connectivity index (χ4v) is 7.42. The molecule has 3 amide bonds. The molecule has 1 aromatic heterocycles. The number of nitrogens with one attached hydrogen (secondary N) is 3. The number of hydrogen-bond donors (Lipinski definition) is 6. The molecular weight excluding hydrogens is 841 g/mol. The second kappa shape index (κ2) is 23.5. The van der Waals surface area contributed by atoms with E-state index in [4.69, 9.17) is 9.57 Å². The molecular formula is C47H54N6O12. The molecule has 18 heteroatoms. The molecule has 4 aromatic carbocycles. The monoisotopic (exact) mass is 894 g/mol. The fourth-order valence-electron chi connectivity index (χ4n) is 7.42. The zero-order valence-electron chi connectivity index (χ0n) is 35.9. The van der Waals surface area contributed by atoms with E-state index in [1.807, 2.05) is 18.2 Å². The van der Waals surface area contributed by atoms with Crippen LogP contribution in [-0.2, 0) is 35.3 Å². The minimum absolute atomic E-state index is 0. The number of carboxylic acid groups (broad SMARTS) is 1. The van der Waals surface area contributed by atoms with Gasteiger partial charge in [0, 0.05) is 81.9 Å². The largest absolute Gasteiger partial charge is 0.506 e. The molecule has 0 spiro atoms. The maximum atomic E-state index is 12.9. The number of phenolic OH excluding ortho intramolecular Hbond substituents is 1. The van der Waals surface area contributed by atoms with Crippen LogP contribution in [0.15, 0.2) is 108 Å². The Morgan fingerprint density at radius 1 is 0.862 bits per heavy atom. The topological polar surface area (TPSA) is 263 Å². The van der Waals surface area contributed by atoms with Crippen molar-refractivity contribution in [3.05, 3.63) is 125 Å².